The number of anilines is 1. The van der Waals surface area contributed by atoms with Gasteiger partial charge in [-0.15, -0.1) is 0 Å². The van der Waals surface area contributed by atoms with Gasteiger partial charge in [0.15, 0.2) is 0 Å². The fourth-order valence-corrected chi connectivity index (χ4v) is 2.34. The molecule has 0 saturated heterocycles. The molecule has 0 atom stereocenters. The van der Waals surface area contributed by atoms with E-state index in [1.807, 2.05) is 61.6 Å². The Labute approximate surface area is 134 Å². The molecule has 1 aromatic heterocycles. The maximum atomic E-state index is 12.1. The number of carbonyl (C=O) groups excluding carboxylic acids is 1. The quantitative estimate of drug-likeness (QED) is 0.575. The van der Waals surface area contributed by atoms with Crippen molar-refractivity contribution in [2.75, 3.05) is 19.0 Å². The highest BCUT2D eigenvalue weighted by Gasteiger charge is 2.05. The number of nitrogens with one attached hydrogen (secondary N) is 2. The van der Waals surface area contributed by atoms with Gasteiger partial charge in [-0.25, -0.2) is 5.43 Å². The summed E-state index contributed by atoms with van der Waals surface area (Å²) in [5, 5.41) is 5.11. The van der Waals surface area contributed by atoms with Gasteiger partial charge in [-0.05, 0) is 30.3 Å². The van der Waals surface area contributed by atoms with E-state index >= 15 is 0 Å². The number of hydrogen-bond donors (Lipinski definition) is 2. The number of carbonyl (C=O) groups is 1. The predicted octanol–water partition coefficient (Wildman–Crippen LogP) is 3.00. The number of H-pyrrole nitrogens is 1. The molecule has 1 amide bonds. The summed E-state index contributed by atoms with van der Waals surface area (Å²) in [6, 6.07) is 15.3. The molecule has 0 bridgehead atoms. The van der Waals surface area contributed by atoms with E-state index < -0.39 is 0 Å². The Balaban J connectivity index is 1.68. The van der Waals surface area contributed by atoms with Crippen molar-refractivity contribution in [3.8, 4) is 0 Å². The molecule has 5 heteroatoms. The van der Waals surface area contributed by atoms with E-state index in [1.165, 1.54) is 0 Å². The zero-order chi connectivity index (χ0) is 16.2. The number of benzene rings is 2. The number of hydrogen-bond acceptors (Lipinski definition) is 3. The van der Waals surface area contributed by atoms with Crippen molar-refractivity contribution < 1.29 is 4.79 Å². The Morgan fingerprint density at radius 3 is 2.61 bits per heavy atom. The minimum atomic E-state index is -0.230. The Morgan fingerprint density at radius 2 is 1.87 bits per heavy atom. The molecule has 0 spiro atoms. The summed E-state index contributed by atoms with van der Waals surface area (Å²) in [7, 11) is 3.92. The molecule has 1 heterocycles. The van der Waals surface area contributed by atoms with Crippen molar-refractivity contribution >= 4 is 28.7 Å². The standard InChI is InChI=1S/C18H18N4O/c1-22(2)15-9-7-13(8-10-15)18(23)21-20-12-14-11-19-17-6-4-3-5-16(14)17/h3-12,19H,1-2H3,(H,21,23). The largest absolute Gasteiger partial charge is 0.378 e. The minimum Gasteiger partial charge on any atom is -0.378 e. The van der Waals surface area contributed by atoms with E-state index in [2.05, 4.69) is 15.5 Å². The van der Waals surface area contributed by atoms with Gasteiger partial charge in [-0.2, -0.15) is 5.10 Å². The van der Waals surface area contributed by atoms with Crippen LogP contribution in [0.15, 0.2) is 59.8 Å². The highest BCUT2D eigenvalue weighted by Crippen LogP contribution is 2.15. The van der Waals surface area contributed by atoms with Gasteiger partial charge in [-0.1, -0.05) is 18.2 Å². The third-order valence-electron chi connectivity index (χ3n) is 3.64. The van der Waals surface area contributed by atoms with Crippen LogP contribution in [0.1, 0.15) is 15.9 Å². The molecular formula is C18H18N4O. The highest BCUT2D eigenvalue weighted by atomic mass is 16.2. The summed E-state index contributed by atoms with van der Waals surface area (Å²) in [5.74, 6) is -0.230. The molecule has 116 valence electrons. The summed E-state index contributed by atoms with van der Waals surface area (Å²) in [4.78, 5) is 17.2. The predicted molar refractivity (Wildman–Crippen MR) is 94.1 cm³/mol. The van der Waals surface area contributed by atoms with Crippen LogP contribution in [0, 0.1) is 0 Å². The van der Waals surface area contributed by atoms with Crippen molar-refractivity contribution in [2.45, 2.75) is 0 Å². The second-order valence-corrected chi connectivity index (χ2v) is 5.43. The molecule has 2 N–H and O–H groups in total. The van der Waals surface area contributed by atoms with Crippen LogP contribution in [0.5, 0.6) is 0 Å². The van der Waals surface area contributed by atoms with Crippen LogP contribution >= 0.6 is 0 Å². The molecule has 0 radical (unpaired) electrons. The smallest absolute Gasteiger partial charge is 0.271 e. The van der Waals surface area contributed by atoms with E-state index in [4.69, 9.17) is 0 Å². The summed E-state index contributed by atoms with van der Waals surface area (Å²) < 4.78 is 0. The summed E-state index contributed by atoms with van der Waals surface area (Å²) in [5.41, 5.74) is 6.15. The Kier molecular flexibility index (Phi) is 4.10. The molecule has 0 saturated carbocycles. The van der Waals surface area contributed by atoms with E-state index in [-0.39, 0.29) is 5.91 Å². The highest BCUT2D eigenvalue weighted by molar-refractivity contribution is 6.00. The number of rotatable bonds is 4. The van der Waals surface area contributed by atoms with Gasteiger partial charge in [0.05, 0.1) is 6.21 Å². The zero-order valence-electron chi connectivity index (χ0n) is 13.1. The normalized spacial score (nSPS) is 11.0. The average molecular weight is 306 g/mol. The van der Waals surface area contributed by atoms with Crippen LogP contribution in [-0.2, 0) is 0 Å². The number of hydrazone groups is 1. The lowest BCUT2D eigenvalue weighted by atomic mass is 10.2. The first-order chi connectivity index (χ1) is 11.1. The summed E-state index contributed by atoms with van der Waals surface area (Å²) in [6.45, 7) is 0. The van der Waals surface area contributed by atoms with Gasteiger partial charge in [0, 0.05) is 48.0 Å². The molecule has 0 fully saturated rings. The molecule has 2 aromatic carbocycles. The van der Waals surface area contributed by atoms with Crippen molar-refractivity contribution in [3.05, 3.63) is 65.9 Å². The number of amides is 1. The molecule has 23 heavy (non-hydrogen) atoms. The van der Waals surface area contributed by atoms with Crippen molar-refractivity contribution in [2.24, 2.45) is 5.10 Å². The van der Waals surface area contributed by atoms with E-state index in [1.54, 1.807) is 18.3 Å². The Morgan fingerprint density at radius 1 is 1.13 bits per heavy atom. The number of nitrogens with zero attached hydrogens (tertiary/aromatic N) is 2. The van der Waals surface area contributed by atoms with Crippen LogP contribution < -0.4 is 10.3 Å². The molecule has 5 nitrogen and oxygen atoms in total. The van der Waals surface area contributed by atoms with Crippen molar-refractivity contribution in [1.29, 1.82) is 0 Å². The van der Waals surface area contributed by atoms with Crippen molar-refractivity contribution in [1.82, 2.24) is 10.4 Å². The van der Waals surface area contributed by atoms with Gasteiger partial charge >= 0.3 is 0 Å². The van der Waals surface area contributed by atoms with Gasteiger partial charge in [0.1, 0.15) is 0 Å². The Bertz CT molecular complexity index is 847. The third kappa shape index (κ3) is 3.23. The summed E-state index contributed by atoms with van der Waals surface area (Å²) in [6.07, 6.45) is 3.51. The van der Waals surface area contributed by atoms with Crippen LogP contribution in [-0.4, -0.2) is 31.2 Å². The molecular weight excluding hydrogens is 288 g/mol. The molecule has 3 rings (SSSR count). The van der Waals surface area contributed by atoms with Crippen molar-refractivity contribution in [3.63, 3.8) is 0 Å². The monoisotopic (exact) mass is 306 g/mol. The van der Waals surface area contributed by atoms with E-state index in [0.717, 1.165) is 22.2 Å². The fraction of sp³-hybridized carbons (Fsp3) is 0.111. The van der Waals surface area contributed by atoms with Gasteiger partial charge < -0.3 is 9.88 Å². The Hall–Kier alpha value is -3.08. The van der Waals surface area contributed by atoms with E-state index in [0.29, 0.717) is 5.56 Å². The molecule has 0 aliphatic carbocycles. The first-order valence-corrected chi connectivity index (χ1v) is 7.32. The number of aromatic nitrogens is 1. The first-order valence-electron chi connectivity index (χ1n) is 7.32. The topological polar surface area (TPSA) is 60.5 Å². The lowest BCUT2D eigenvalue weighted by Crippen LogP contribution is -2.17. The lowest BCUT2D eigenvalue weighted by Gasteiger charge is -2.12. The average Bonchev–Trinajstić information content (AvgIpc) is 2.98. The second-order valence-electron chi connectivity index (χ2n) is 5.43. The maximum Gasteiger partial charge on any atom is 0.271 e. The SMILES string of the molecule is CN(C)c1ccc(C(=O)NN=Cc2c[nH]c3ccccc23)cc1. The number of para-hydroxylation sites is 1. The van der Waals surface area contributed by atoms with Crippen LogP contribution in [0.25, 0.3) is 10.9 Å². The number of fused-ring (bicyclic) bond motifs is 1. The third-order valence-corrected chi connectivity index (χ3v) is 3.64. The van der Waals surface area contributed by atoms with Gasteiger partial charge in [0.2, 0.25) is 0 Å². The zero-order valence-corrected chi connectivity index (χ0v) is 13.1. The van der Waals surface area contributed by atoms with Gasteiger partial charge in [0.25, 0.3) is 5.91 Å². The number of aromatic amines is 1. The molecule has 0 aliphatic heterocycles. The lowest BCUT2D eigenvalue weighted by molar-refractivity contribution is 0.0955. The fourth-order valence-electron chi connectivity index (χ4n) is 2.34. The summed E-state index contributed by atoms with van der Waals surface area (Å²) >= 11 is 0. The van der Waals surface area contributed by atoms with E-state index in [9.17, 15) is 4.79 Å². The minimum absolute atomic E-state index is 0.230. The van der Waals surface area contributed by atoms with Crippen LogP contribution in [0.2, 0.25) is 0 Å². The molecule has 3 aromatic rings. The molecule has 0 aliphatic rings. The van der Waals surface area contributed by atoms with Gasteiger partial charge in [-0.3, -0.25) is 4.79 Å². The van der Waals surface area contributed by atoms with Crippen LogP contribution in [0.3, 0.4) is 0 Å². The maximum absolute atomic E-state index is 12.1. The first kappa shape index (κ1) is 14.8. The molecule has 0 unspecified atom stereocenters. The second kappa shape index (κ2) is 6.36. The van der Waals surface area contributed by atoms with Crippen LogP contribution in [0.4, 0.5) is 5.69 Å².